The van der Waals surface area contributed by atoms with Crippen LogP contribution < -0.4 is 43.8 Å². The first kappa shape index (κ1) is 45.2. The minimum Gasteiger partial charge on any atom is -0.490 e. The van der Waals surface area contributed by atoms with Crippen molar-refractivity contribution in [3.63, 3.8) is 0 Å². The monoisotopic (exact) mass is 982 g/mol. The van der Waals surface area contributed by atoms with E-state index >= 15 is 0 Å². The third-order valence-corrected chi connectivity index (χ3v) is 17.5. The maximum atomic E-state index is 6.64. The molecule has 72 heavy (non-hydrogen) atoms. The average molecular weight is 983 g/mol. The zero-order chi connectivity index (χ0) is 49.2. The van der Waals surface area contributed by atoms with Crippen LogP contribution in [-0.4, -0.2) is 33.1 Å². The van der Waals surface area contributed by atoms with Crippen molar-refractivity contribution in [2.45, 2.75) is 85.0 Å². The molecule has 0 atom stereocenters. The molecule has 0 aliphatic carbocycles. The molecular formula is C63H59BN2O4S2. The highest BCUT2D eigenvalue weighted by atomic mass is 32.1. The number of anilines is 6. The van der Waals surface area contributed by atoms with Crippen LogP contribution in [0.1, 0.15) is 90.8 Å². The van der Waals surface area contributed by atoms with E-state index in [1.807, 2.05) is 22.7 Å². The van der Waals surface area contributed by atoms with Crippen molar-refractivity contribution >= 4 is 98.7 Å². The standard InChI is InChI=1S/C63H59BN2O4S2/c1-37(2)40-29-49-57-50(30-40)66(48-36-54-52(68-26-16-28-70-54)34-44(48)39-19-13-10-14-20-39)59-46-32-42(63(6,7)8)22-24-56(46)72-61(59)64(57)60-58(45-31-41(62(3,4)5)21-23-55(45)71-60)65(49)47-35-53-51(67-25-15-27-69-53)33-43(47)38-17-11-9-12-18-38/h9-14,17-24,29-37H,15-16,25-28H2,1-8H3. The Bertz CT molecular complexity index is 3390. The van der Waals surface area contributed by atoms with Gasteiger partial charge in [-0.25, -0.2) is 0 Å². The summed E-state index contributed by atoms with van der Waals surface area (Å²) in [7, 11) is 0. The molecule has 0 spiro atoms. The van der Waals surface area contributed by atoms with E-state index in [2.05, 4.69) is 199 Å². The van der Waals surface area contributed by atoms with E-state index in [0.29, 0.717) is 26.4 Å². The molecular weight excluding hydrogens is 924 g/mol. The number of hydrogen-bond donors (Lipinski definition) is 0. The molecule has 2 aromatic heterocycles. The van der Waals surface area contributed by atoms with Gasteiger partial charge in [0, 0.05) is 77.2 Å². The van der Waals surface area contributed by atoms with Crippen LogP contribution in [0.25, 0.3) is 42.4 Å². The van der Waals surface area contributed by atoms with Gasteiger partial charge in [0.15, 0.2) is 23.0 Å². The number of nitrogens with zero attached hydrogens (tertiary/aromatic N) is 2. The van der Waals surface area contributed by atoms with Gasteiger partial charge >= 0.3 is 0 Å². The smallest absolute Gasteiger partial charge is 0.277 e. The van der Waals surface area contributed by atoms with Crippen LogP contribution >= 0.6 is 22.7 Å². The van der Waals surface area contributed by atoms with Crippen molar-refractivity contribution in [2.24, 2.45) is 0 Å². The molecule has 0 N–H and O–H groups in total. The van der Waals surface area contributed by atoms with E-state index in [1.54, 1.807) is 0 Å². The third kappa shape index (κ3) is 7.32. The summed E-state index contributed by atoms with van der Waals surface area (Å²) < 4.78 is 31.5. The Morgan fingerprint density at radius 3 is 1.26 bits per heavy atom. The molecule has 0 saturated carbocycles. The zero-order valence-corrected chi connectivity index (χ0v) is 44.1. The number of thiophene rings is 2. The van der Waals surface area contributed by atoms with Crippen molar-refractivity contribution in [2.75, 3.05) is 36.2 Å². The lowest BCUT2D eigenvalue weighted by Crippen LogP contribution is -2.59. The Morgan fingerprint density at radius 2 is 0.875 bits per heavy atom. The molecule has 0 radical (unpaired) electrons. The predicted molar refractivity (Wildman–Crippen MR) is 305 cm³/mol. The van der Waals surface area contributed by atoms with Crippen LogP contribution in [0.5, 0.6) is 23.0 Å². The fraction of sp³-hybridized carbons (Fsp3) is 0.270. The normalized spacial score (nSPS) is 15.1. The van der Waals surface area contributed by atoms with Gasteiger partial charge in [0.05, 0.1) is 49.2 Å². The summed E-state index contributed by atoms with van der Waals surface area (Å²) >= 11 is 3.91. The molecule has 6 nitrogen and oxygen atoms in total. The Hall–Kier alpha value is -6.68. The van der Waals surface area contributed by atoms with Gasteiger partial charge in [0.2, 0.25) is 0 Å². The van der Waals surface area contributed by atoms with Crippen molar-refractivity contribution in [3.05, 3.63) is 150 Å². The first-order valence-corrected chi connectivity index (χ1v) is 27.3. The fourth-order valence-corrected chi connectivity index (χ4v) is 13.9. The molecule has 0 unspecified atom stereocenters. The number of benzene rings is 7. The maximum Gasteiger partial charge on any atom is 0.277 e. The first-order chi connectivity index (χ1) is 34.8. The van der Waals surface area contributed by atoms with E-state index < -0.39 is 0 Å². The zero-order valence-electron chi connectivity index (χ0n) is 42.4. The molecule has 9 heteroatoms. The van der Waals surface area contributed by atoms with Crippen LogP contribution in [-0.2, 0) is 10.8 Å². The first-order valence-electron chi connectivity index (χ1n) is 25.7. The molecule has 4 aliphatic rings. The SMILES string of the molecule is CC(C)c1cc2c3c(c1)N(c1cc4c(cc1-c1ccccc1)OCCCO4)c1c(sc4ccc(C(C)(C)C)cc14)B3c1sc3ccc(C(C)(C)C)cc3c1N2c1cc2c(cc1-c1ccccc1)OCCCO2. The van der Waals surface area contributed by atoms with E-state index in [0.717, 1.165) is 69.5 Å². The maximum absolute atomic E-state index is 6.64. The number of rotatable bonds is 5. The number of fused-ring (bicyclic) bond motifs is 10. The summed E-state index contributed by atoms with van der Waals surface area (Å²) in [6.07, 6.45) is 1.65. The summed E-state index contributed by atoms with van der Waals surface area (Å²) in [4.78, 5) is 5.25. The minimum absolute atomic E-state index is 0.0548. The lowest BCUT2D eigenvalue weighted by molar-refractivity contribution is 0.296. The van der Waals surface area contributed by atoms with Gasteiger partial charge in [0.25, 0.3) is 6.71 Å². The predicted octanol–water partition coefficient (Wildman–Crippen LogP) is 15.6. The summed E-state index contributed by atoms with van der Waals surface area (Å²) in [5.74, 6) is 3.33. The fourth-order valence-electron chi connectivity index (χ4n) is 11.2. The van der Waals surface area contributed by atoms with Crippen LogP contribution in [0.15, 0.2) is 133 Å². The summed E-state index contributed by atoms with van der Waals surface area (Å²) in [6, 6.07) is 50.2. The molecule has 0 fully saturated rings. The second-order valence-electron chi connectivity index (χ2n) is 22.2. The van der Waals surface area contributed by atoms with Gasteiger partial charge in [-0.3, -0.25) is 0 Å². The van der Waals surface area contributed by atoms with E-state index in [-0.39, 0.29) is 23.5 Å². The average Bonchev–Trinajstić information content (AvgIpc) is 3.72. The van der Waals surface area contributed by atoms with Crippen LogP contribution in [0.4, 0.5) is 34.1 Å². The van der Waals surface area contributed by atoms with E-state index in [9.17, 15) is 0 Å². The van der Waals surface area contributed by atoms with Gasteiger partial charge in [0.1, 0.15) is 0 Å². The number of hydrogen-bond acceptors (Lipinski definition) is 8. The van der Waals surface area contributed by atoms with Gasteiger partial charge < -0.3 is 28.7 Å². The van der Waals surface area contributed by atoms with E-state index in [1.165, 1.54) is 74.6 Å². The highest BCUT2D eigenvalue weighted by molar-refractivity contribution is 7.40. The van der Waals surface area contributed by atoms with Crippen LogP contribution in [0.3, 0.4) is 0 Å². The Labute approximate surface area is 431 Å². The van der Waals surface area contributed by atoms with Gasteiger partial charge in [-0.15, -0.1) is 22.7 Å². The lowest BCUT2D eigenvalue weighted by Gasteiger charge is -2.43. The molecule has 360 valence electrons. The molecule has 0 bridgehead atoms. The summed E-state index contributed by atoms with van der Waals surface area (Å²) in [6.45, 7) is 21.0. The highest BCUT2D eigenvalue weighted by Gasteiger charge is 2.48. The molecule has 4 aliphatic heterocycles. The molecule has 13 rings (SSSR count). The lowest BCUT2D eigenvalue weighted by atomic mass is 9.39. The van der Waals surface area contributed by atoms with Crippen LogP contribution in [0, 0.1) is 0 Å². The second-order valence-corrected chi connectivity index (χ2v) is 24.4. The van der Waals surface area contributed by atoms with Crippen molar-refractivity contribution in [3.8, 4) is 45.3 Å². The molecule has 0 saturated heterocycles. The second kappa shape index (κ2) is 17.0. The largest absolute Gasteiger partial charge is 0.490 e. The summed E-state index contributed by atoms with van der Waals surface area (Å²) in [5.41, 5.74) is 16.5. The third-order valence-electron chi connectivity index (χ3n) is 15.1. The van der Waals surface area contributed by atoms with Crippen LogP contribution in [0.2, 0.25) is 0 Å². The molecule has 9 aromatic rings. The molecule has 0 amide bonds. The minimum atomic E-state index is -0.0588. The van der Waals surface area contributed by atoms with Gasteiger partial charge in [-0.1, -0.05) is 128 Å². The Kier molecular flexibility index (Phi) is 10.6. The Balaban J connectivity index is 1.20. The highest BCUT2D eigenvalue weighted by Crippen LogP contribution is 2.56. The quantitative estimate of drug-likeness (QED) is 0.160. The van der Waals surface area contributed by atoms with Gasteiger partial charge in [-0.2, -0.15) is 0 Å². The Morgan fingerprint density at radius 1 is 0.472 bits per heavy atom. The summed E-state index contributed by atoms with van der Waals surface area (Å²) in [5, 5.41) is 2.54. The number of ether oxygens (including phenoxy) is 4. The molecule has 7 aromatic carbocycles. The van der Waals surface area contributed by atoms with E-state index in [4.69, 9.17) is 18.9 Å². The van der Waals surface area contributed by atoms with Crippen molar-refractivity contribution in [1.82, 2.24) is 0 Å². The van der Waals surface area contributed by atoms with Gasteiger partial charge in [-0.05, 0) is 98.6 Å². The molecule has 6 heterocycles. The van der Waals surface area contributed by atoms with Crippen molar-refractivity contribution < 1.29 is 18.9 Å². The van der Waals surface area contributed by atoms with Crippen molar-refractivity contribution in [1.29, 1.82) is 0 Å². The topological polar surface area (TPSA) is 43.4 Å².